The molecule has 0 radical (unpaired) electrons. The highest BCUT2D eigenvalue weighted by atomic mass is 16.7. The summed E-state index contributed by atoms with van der Waals surface area (Å²) in [6.07, 6.45) is -9.55. The van der Waals surface area contributed by atoms with Crippen molar-refractivity contribution in [2.75, 3.05) is 92.2 Å². The zero-order valence-electron chi connectivity index (χ0n) is 64.6. The van der Waals surface area contributed by atoms with Gasteiger partial charge in [-0.05, 0) is 119 Å². The van der Waals surface area contributed by atoms with Crippen LogP contribution < -0.4 is 42.5 Å². The molecule has 0 saturated carbocycles. The van der Waals surface area contributed by atoms with E-state index in [0.717, 1.165) is 6.42 Å². The summed E-state index contributed by atoms with van der Waals surface area (Å²) in [6, 6.07) is -3.17. The van der Waals surface area contributed by atoms with Gasteiger partial charge in [-0.15, -0.1) is 0 Å². The number of hydrogen-bond acceptors (Lipinski definition) is 24. The first-order valence-corrected chi connectivity index (χ1v) is 37.4. The van der Waals surface area contributed by atoms with E-state index in [1.165, 1.54) is 34.6 Å². The largest absolute Gasteiger partial charge is 0.394 e. The van der Waals surface area contributed by atoms with Gasteiger partial charge in [-0.1, -0.05) is 61.8 Å². The van der Waals surface area contributed by atoms with Gasteiger partial charge in [0.05, 0.1) is 65.1 Å². The molecule has 1 rings (SSSR count). The summed E-state index contributed by atoms with van der Waals surface area (Å²) in [5.41, 5.74) is -1.34. The van der Waals surface area contributed by atoms with E-state index in [9.17, 15) is 84.3 Å². The first-order valence-electron chi connectivity index (χ1n) is 37.4. The highest BCUT2D eigenvalue weighted by molar-refractivity contribution is 5.81. The summed E-state index contributed by atoms with van der Waals surface area (Å²) < 4.78 is 41.0. The van der Waals surface area contributed by atoms with E-state index in [-0.39, 0.29) is 168 Å². The number of hydrogen-bond donors (Lipinski definition) is 17. The van der Waals surface area contributed by atoms with Gasteiger partial charge in [0.25, 0.3) is 0 Å². The van der Waals surface area contributed by atoms with E-state index < -0.39 is 142 Å². The number of aliphatic hydroxyl groups excluding tert-OH is 9. The van der Waals surface area contributed by atoms with Crippen LogP contribution in [0.5, 0.6) is 0 Å². The van der Waals surface area contributed by atoms with Gasteiger partial charge in [0, 0.05) is 97.8 Å². The normalized spacial score (nSPS) is 21.4. The minimum absolute atomic E-state index is 0.0142. The Morgan fingerprint density at radius 1 is 0.481 bits per heavy atom. The average Bonchev–Trinajstić information content (AvgIpc) is 0.808. The molecule has 608 valence electrons. The monoisotopic (exact) mass is 1500 g/mol. The van der Waals surface area contributed by atoms with Crippen molar-refractivity contribution in [3.05, 3.63) is 0 Å². The Hall–Kier alpha value is -4.88. The van der Waals surface area contributed by atoms with E-state index in [1.807, 2.05) is 55.4 Å². The smallest absolute Gasteiger partial charge is 0.220 e. The molecule has 1 aliphatic rings. The summed E-state index contributed by atoms with van der Waals surface area (Å²) in [5.74, 6) is -3.67. The number of rotatable bonds is 59. The molecule has 0 aliphatic carbocycles. The number of ether oxygens (including phenoxy) is 7. The van der Waals surface area contributed by atoms with Crippen LogP contribution in [0.3, 0.4) is 0 Å². The molecule has 0 bridgehead atoms. The molecule has 0 spiro atoms. The number of carbonyl (C=O) groups is 8. The Kier molecular flexibility index (Phi) is 50.3. The minimum atomic E-state index is -1.49. The molecule has 1 heterocycles. The van der Waals surface area contributed by atoms with Crippen molar-refractivity contribution in [1.29, 1.82) is 0 Å². The zero-order valence-corrected chi connectivity index (χ0v) is 64.6. The number of amides is 8. The van der Waals surface area contributed by atoms with Gasteiger partial charge in [0.15, 0.2) is 18.9 Å². The van der Waals surface area contributed by atoms with Gasteiger partial charge in [-0.3, -0.25) is 38.4 Å². The quantitative estimate of drug-likeness (QED) is 0.0358. The van der Waals surface area contributed by atoms with E-state index in [0.29, 0.717) is 45.4 Å². The highest BCUT2D eigenvalue weighted by Gasteiger charge is 2.46. The predicted octanol–water partition coefficient (Wildman–Crippen LogP) is 0.0492. The molecule has 32 nitrogen and oxygen atoms in total. The molecule has 32 heteroatoms. The van der Waals surface area contributed by atoms with Gasteiger partial charge < -0.3 is 122 Å². The Morgan fingerprint density at radius 2 is 0.885 bits per heavy atom. The first kappa shape index (κ1) is 97.1. The number of carbonyl (C=O) groups excluding carboxylic acids is 8. The van der Waals surface area contributed by atoms with Crippen LogP contribution in [0, 0.1) is 47.3 Å². The Morgan fingerprint density at radius 3 is 1.27 bits per heavy atom. The second-order valence-electron chi connectivity index (χ2n) is 29.4. The highest BCUT2D eigenvalue weighted by Crippen LogP contribution is 2.29. The molecule has 1 aliphatic heterocycles. The standard InChI is InChI=1S/C72H136N8O24/c1-15-55(29-49(9)42-100-70(57(35-82)78-53(13)89)103-59(37-84)51(11)87)33-76-64(94)22-25-72(80-65(95)19-17-18-61(91)73-30-43(3)26-46(6)39-98-16-2,23-20-62(92)74-31-44(4)27-47(7)40-99-69(56(34-81)77-52(12)88)102-58(36-83)50(10)86)24-21-63(93)75-32-45(5)28-48(8)41-101-71-66(79-54(14)90)68(97)67(96)60(38-85)104-71/h43-51,55-60,66-71,81-87,96-97H,15-42H2,1-14H3,(H,73,91)(H,74,92)(H,75,93)(H,76,94)(H,77,88)(H,78,89)(H,79,90)(H,80,95)/t43?,44?,45?,46?,47?,48?,49?,50-,51-,55?,56+,57+,58?,59?,60?,66?,67?,68?,69?,70?,71?,72?/m1/s1. The molecule has 22 atom stereocenters. The topological polar surface area (TPSA) is 479 Å². The fourth-order valence-corrected chi connectivity index (χ4v) is 12.5. The molecule has 1 saturated heterocycles. The van der Waals surface area contributed by atoms with Crippen LogP contribution >= 0.6 is 0 Å². The minimum Gasteiger partial charge on any atom is -0.394 e. The third-order valence-corrected chi connectivity index (χ3v) is 18.3. The van der Waals surface area contributed by atoms with Gasteiger partial charge >= 0.3 is 0 Å². The van der Waals surface area contributed by atoms with Crippen LogP contribution in [0.1, 0.15) is 187 Å². The first-order chi connectivity index (χ1) is 49.1. The van der Waals surface area contributed by atoms with Crippen LogP contribution in [0.2, 0.25) is 0 Å². The third-order valence-electron chi connectivity index (χ3n) is 18.3. The number of aliphatic hydroxyl groups is 9. The summed E-state index contributed by atoms with van der Waals surface area (Å²) in [7, 11) is 0. The molecule has 104 heavy (non-hydrogen) atoms. The van der Waals surface area contributed by atoms with Gasteiger partial charge in [0.2, 0.25) is 47.3 Å². The lowest BCUT2D eigenvalue weighted by molar-refractivity contribution is -0.272. The van der Waals surface area contributed by atoms with Crippen molar-refractivity contribution >= 4 is 47.3 Å². The predicted molar refractivity (Wildman–Crippen MR) is 385 cm³/mol. The van der Waals surface area contributed by atoms with E-state index in [4.69, 9.17) is 33.2 Å². The van der Waals surface area contributed by atoms with Crippen molar-refractivity contribution in [3.63, 3.8) is 0 Å². The maximum Gasteiger partial charge on any atom is 0.220 e. The lowest BCUT2D eigenvalue weighted by atomic mass is 9.82. The maximum absolute atomic E-state index is 14.3. The molecule has 18 unspecified atom stereocenters. The summed E-state index contributed by atoms with van der Waals surface area (Å²) in [5, 5.41) is 114. The summed E-state index contributed by atoms with van der Waals surface area (Å²) >= 11 is 0. The SMILES string of the molecule is CCOCC(C)CC(C)CNC(=O)CCCC(=O)NC(CCC(=O)NCC(C)CC(C)COC1OC(CO)C(O)C(O)C1NC(C)=O)(CCC(=O)NCC(C)CC(C)COC(OC(CO)[C@@H](C)O)[C@H](CO)NC(C)=O)CCC(=O)NCC(CC)CC(C)COC(OC(CO)[C@@H](C)O)[C@H](CO)NC(C)=O. The van der Waals surface area contributed by atoms with Gasteiger partial charge in [-0.25, -0.2) is 0 Å². The third kappa shape index (κ3) is 41.5. The second kappa shape index (κ2) is 53.8. The molecular formula is C72H136N8O24. The lowest BCUT2D eigenvalue weighted by Crippen LogP contribution is -2.64. The van der Waals surface area contributed by atoms with Crippen molar-refractivity contribution in [2.45, 2.75) is 272 Å². The Bertz CT molecular complexity index is 2430. The zero-order chi connectivity index (χ0) is 78.6. The summed E-state index contributed by atoms with van der Waals surface area (Å²) in [6.45, 7) is 23.8. The van der Waals surface area contributed by atoms with Crippen LogP contribution in [-0.2, 0) is 71.5 Å². The van der Waals surface area contributed by atoms with E-state index in [2.05, 4.69) is 49.5 Å². The van der Waals surface area contributed by atoms with Gasteiger partial charge in [-0.2, -0.15) is 0 Å². The molecule has 1 fully saturated rings. The fraction of sp³-hybridized carbons (Fsp3) is 0.889. The van der Waals surface area contributed by atoms with Gasteiger partial charge in [0.1, 0.15) is 48.6 Å². The van der Waals surface area contributed by atoms with Crippen LogP contribution in [0.15, 0.2) is 0 Å². The van der Waals surface area contributed by atoms with Crippen molar-refractivity contribution < 1.29 is 117 Å². The van der Waals surface area contributed by atoms with Crippen LogP contribution in [-0.4, -0.2) is 271 Å². The number of nitrogens with one attached hydrogen (secondary N) is 8. The fourth-order valence-electron chi connectivity index (χ4n) is 12.5. The average molecular weight is 1500 g/mol. The molecule has 0 aromatic rings. The van der Waals surface area contributed by atoms with Crippen LogP contribution in [0.4, 0.5) is 0 Å². The molecular weight excluding hydrogens is 1360 g/mol. The summed E-state index contributed by atoms with van der Waals surface area (Å²) in [4.78, 5) is 106. The van der Waals surface area contributed by atoms with Crippen LogP contribution in [0.25, 0.3) is 0 Å². The molecule has 8 amide bonds. The second-order valence-corrected chi connectivity index (χ2v) is 29.4. The Labute approximate surface area is 616 Å². The van der Waals surface area contributed by atoms with Crippen molar-refractivity contribution in [3.8, 4) is 0 Å². The van der Waals surface area contributed by atoms with Crippen molar-refractivity contribution in [2.24, 2.45) is 47.3 Å². The maximum atomic E-state index is 14.3. The molecule has 17 N–H and O–H groups in total. The van der Waals surface area contributed by atoms with E-state index >= 15 is 0 Å². The van der Waals surface area contributed by atoms with E-state index in [1.54, 1.807) is 0 Å². The Balaban J connectivity index is 3.59. The molecule has 0 aromatic heterocycles. The lowest BCUT2D eigenvalue weighted by Gasteiger charge is -2.42. The molecule has 0 aromatic carbocycles. The van der Waals surface area contributed by atoms with Crippen molar-refractivity contribution in [1.82, 2.24) is 42.5 Å².